The molecule has 0 unspecified atom stereocenters. The summed E-state index contributed by atoms with van der Waals surface area (Å²) < 4.78 is 0. The molecule has 1 aromatic carbocycles. The van der Waals surface area contributed by atoms with Crippen molar-refractivity contribution in [3.05, 3.63) is 40.4 Å². The SMILES string of the molecule is Cc1ccc(Cl)c(C=CC#N)c1. The van der Waals surface area contributed by atoms with Crippen molar-refractivity contribution in [2.24, 2.45) is 0 Å². The minimum atomic E-state index is 0.673. The maximum Gasteiger partial charge on any atom is 0.0912 e. The highest BCUT2D eigenvalue weighted by Crippen LogP contribution is 2.18. The Bertz CT molecular complexity index is 347. The highest BCUT2D eigenvalue weighted by atomic mass is 35.5. The number of halogens is 1. The molecule has 0 amide bonds. The van der Waals surface area contributed by atoms with E-state index in [0.29, 0.717) is 5.02 Å². The van der Waals surface area contributed by atoms with Crippen LogP contribution in [0.1, 0.15) is 11.1 Å². The minimum absolute atomic E-state index is 0.673. The lowest BCUT2D eigenvalue weighted by atomic mass is 10.1. The van der Waals surface area contributed by atoms with Crippen LogP contribution >= 0.6 is 11.6 Å². The highest BCUT2D eigenvalue weighted by Gasteiger charge is 1.94. The van der Waals surface area contributed by atoms with Gasteiger partial charge in [-0.3, -0.25) is 0 Å². The predicted molar refractivity (Wildman–Crippen MR) is 50.8 cm³/mol. The molecule has 0 aliphatic carbocycles. The topological polar surface area (TPSA) is 23.8 Å². The van der Waals surface area contributed by atoms with Gasteiger partial charge in [-0.25, -0.2) is 0 Å². The first-order valence-electron chi connectivity index (χ1n) is 3.56. The van der Waals surface area contributed by atoms with Gasteiger partial charge in [0, 0.05) is 11.1 Å². The Labute approximate surface area is 76.9 Å². The van der Waals surface area contributed by atoms with Gasteiger partial charge in [-0.15, -0.1) is 0 Å². The molecular weight excluding hydrogens is 170 g/mol. The summed E-state index contributed by atoms with van der Waals surface area (Å²) in [6.45, 7) is 1.99. The molecule has 1 rings (SSSR count). The summed E-state index contributed by atoms with van der Waals surface area (Å²) in [6, 6.07) is 7.63. The van der Waals surface area contributed by atoms with E-state index in [9.17, 15) is 0 Å². The lowest BCUT2D eigenvalue weighted by molar-refractivity contribution is 1.46. The quantitative estimate of drug-likeness (QED) is 0.605. The van der Waals surface area contributed by atoms with Crippen LogP contribution in [0.4, 0.5) is 0 Å². The molecule has 0 aliphatic heterocycles. The molecule has 0 N–H and O–H groups in total. The van der Waals surface area contributed by atoms with Gasteiger partial charge in [-0.1, -0.05) is 29.3 Å². The van der Waals surface area contributed by atoms with Crippen molar-refractivity contribution >= 4 is 17.7 Å². The first-order chi connectivity index (χ1) is 5.74. The molecule has 0 radical (unpaired) electrons. The lowest BCUT2D eigenvalue weighted by Crippen LogP contribution is -1.77. The van der Waals surface area contributed by atoms with Crippen LogP contribution in [0.5, 0.6) is 0 Å². The number of hydrogen-bond donors (Lipinski definition) is 0. The number of allylic oxidation sites excluding steroid dienone is 1. The normalized spacial score (nSPS) is 10.1. The molecule has 1 aromatic rings. The molecule has 0 fully saturated rings. The molecule has 0 atom stereocenters. The molecule has 1 nitrogen and oxygen atoms in total. The second-order valence-electron chi connectivity index (χ2n) is 2.49. The average Bonchev–Trinajstić information content (AvgIpc) is 2.07. The molecule has 0 spiro atoms. The number of hydrogen-bond acceptors (Lipinski definition) is 1. The molecular formula is C10H8ClN. The molecule has 0 heterocycles. The molecule has 12 heavy (non-hydrogen) atoms. The largest absolute Gasteiger partial charge is 0.193 e. The fourth-order valence-electron chi connectivity index (χ4n) is 0.918. The molecule has 0 saturated carbocycles. The van der Waals surface area contributed by atoms with Crippen molar-refractivity contribution < 1.29 is 0 Å². The molecule has 0 bridgehead atoms. The van der Waals surface area contributed by atoms with E-state index in [-0.39, 0.29) is 0 Å². The third-order valence-electron chi connectivity index (χ3n) is 1.49. The maximum absolute atomic E-state index is 8.31. The fraction of sp³-hybridized carbons (Fsp3) is 0.100. The van der Waals surface area contributed by atoms with Crippen LogP contribution in [0, 0.1) is 18.3 Å². The number of nitrogens with zero attached hydrogens (tertiary/aromatic N) is 1. The number of rotatable bonds is 1. The summed E-state index contributed by atoms with van der Waals surface area (Å²) in [4.78, 5) is 0. The van der Waals surface area contributed by atoms with Crippen molar-refractivity contribution in [1.29, 1.82) is 5.26 Å². The number of benzene rings is 1. The van der Waals surface area contributed by atoms with Gasteiger partial charge >= 0.3 is 0 Å². The van der Waals surface area contributed by atoms with Crippen molar-refractivity contribution in [3.8, 4) is 6.07 Å². The molecule has 0 saturated heterocycles. The van der Waals surface area contributed by atoms with E-state index in [2.05, 4.69) is 0 Å². The van der Waals surface area contributed by atoms with E-state index in [1.165, 1.54) is 6.08 Å². The van der Waals surface area contributed by atoms with Crippen molar-refractivity contribution in [2.45, 2.75) is 6.92 Å². The first-order valence-corrected chi connectivity index (χ1v) is 3.94. The van der Waals surface area contributed by atoms with Crippen LogP contribution in [0.25, 0.3) is 6.08 Å². The average molecular weight is 178 g/mol. The zero-order valence-electron chi connectivity index (χ0n) is 6.71. The van der Waals surface area contributed by atoms with Gasteiger partial charge in [0.05, 0.1) is 6.07 Å². The second kappa shape index (κ2) is 3.94. The van der Waals surface area contributed by atoms with Crippen LogP contribution in [-0.2, 0) is 0 Å². The zero-order chi connectivity index (χ0) is 8.97. The van der Waals surface area contributed by atoms with Crippen LogP contribution in [-0.4, -0.2) is 0 Å². The zero-order valence-corrected chi connectivity index (χ0v) is 7.47. The summed E-state index contributed by atoms with van der Waals surface area (Å²) >= 11 is 5.87. The van der Waals surface area contributed by atoms with Gasteiger partial charge in [0.25, 0.3) is 0 Å². The van der Waals surface area contributed by atoms with E-state index in [1.54, 1.807) is 6.08 Å². The third kappa shape index (κ3) is 2.11. The summed E-state index contributed by atoms with van der Waals surface area (Å²) in [5, 5.41) is 8.98. The van der Waals surface area contributed by atoms with Crippen LogP contribution < -0.4 is 0 Å². The smallest absolute Gasteiger partial charge is 0.0912 e. The van der Waals surface area contributed by atoms with Gasteiger partial charge in [0.1, 0.15) is 0 Å². The molecule has 0 aliphatic rings. The summed E-state index contributed by atoms with van der Waals surface area (Å²) in [7, 11) is 0. The van der Waals surface area contributed by atoms with E-state index >= 15 is 0 Å². The van der Waals surface area contributed by atoms with E-state index < -0.39 is 0 Å². The van der Waals surface area contributed by atoms with E-state index in [1.807, 2.05) is 31.2 Å². The molecule has 2 heteroatoms. The standard InChI is InChI=1S/C10H8ClN/c1-8-4-5-10(11)9(7-8)3-2-6-12/h2-5,7H,1H3. The monoisotopic (exact) mass is 177 g/mol. The molecule has 60 valence electrons. The lowest BCUT2D eigenvalue weighted by Gasteiger charge is -1.98. The van der Waals surface area contributed by atoms with Crippen molar-refractivity contribution in [1.82, 2.24) is 0 Å². The van der Waals surface area contributed by atoms with Gasteiger partial charge in [0.15, 0.2) is 0 Å². The number of aryl methyl sites for hydroxylation is 1. The van der Waals surface area contributed by atoms with Crippen molar-refractivity contribution in [3.63, 3.8) is 0 Å². The summed E-state index contributed by atoms with van der Waals surface area (Å²) in [5.74, 6) is 0. The highest BCUT2D eigenvalue weighted by molar-refractivity contribution is 6.32. The minimum Gasteiger partial charge on any atom is -0.193 e. The first kappa shape index (κ1) is 8.83. The van der Waals surface area contributed by atoms with Crippen LogP contribution in [0.2, 0.25) is 5.02 Å². The summed E-state index contributed by atoms with van der Waals surface area (Å²) in [6.07, 6.45) is 3.12. The Morgan fingerprint density at radius 1 is 1.50 bits per heavy atom. The summed E-state index contributed by atoms with van der Waals surface area (Å²) in [5.41, 5.74) is 2.02. The van der Waals surface area contributed by atoms with E-state index in [4.69, 9.17) is 16.9 Å². The van der Waals surface area contributed by atoms with Crippen molar-refractivity contribution in [2.75, 3.05) is 0 Å². The fourth-order valence-corrected chi connectivity index (χ4v) is 1.10. The van der Waals surface area contributed by atoms with Gasteiger partial charge in [0.2, 0.25) is 0 Å². The predicted octanol–water partition coefficient (Wildman–Crippen LogP) is 3.19. The Morgan fingerprint density at radius 3 is 2.92 bits per heavy atom. The van der Waals surface area contributed by atoms with Crippen LogP contribution in [0.3, 0.4) is 0 Å². The Kier molecular flexibility index (Phi) is 2.90. The third-order valence-corrected chi connectivity index (χ3v) is 1.83. The Hall–Kier alpha value is -1.26. The van der Waals surface area contributed by atoms with Crippen LogP contribution in [0.15, 0.2) is 24.3 Å². The number of nitriles is 1. The molecule has 0 aromatic heterocycles. The van der Waals surface area contributed by atoms with Gasteiger partial charge in [-0.05, 0) is 24.6 Å². The second-order valence-corrected chi connectivity index (χ2v) is 2.89. The van der Waals surface area contributed by atoms with E-state index in [0.717, 1.165) is 11.1 Å². The maximum atomic E-state index is 8.31. The Balaban J connectivity index is 3.07. The Morgan fingerprint density at radius 2 is 2.25 bits per heavy atom. The van der Waals surface area contributed by atoms with Gasteiger partial charge < -0.3 is 0 Å². The van der Waals surface area contributed by atoms with Gasteiger partial charge in [-0.2, -0.15) is 5.26 Å².